The number of morpholine rings is 1. The van der Waals surface area contributed by atoms with Crippen LogP contribution in [0.25, 0.3) is 0 Å². The Morgan fingerprint density at radius 2 is 1.75 bits per heavy atom. The molecule has 0 aromatic heterocycles. The second kappa shape index (κ2) is 9.45. The van der Waals surface area contributed by atoms with Crippen molar-refractivity contribution in [3.05, 3.63) is 60.2 Å². The monoisotopic (exact) mass is 398 g/mol. The van der Waals surface area contributed by atoms with Gasteiger partial charge in [0, 0.05) is 25.7 Å². The first-order valence-corrected chi connectivity index (χ1v) is 10.9. The standard InChI is InChI=1S/C22H26N2O3S/c25-22-21(28-15-10-18(23-22)16-24-11-13-26-14-12-24)17-6-8-20(9-7-17)27-19-4-2-1-3-5-19/h1-9,18,21H,10-16H2,(H,23,25). The fraction of sp³-hybridized carbons (Fsp3) is 0.409. The molecule has 0 saturated carbocycles. The molecular weight excluding hydrogens is 372 g/mol. The van der Waals surface area contributed by atoms with Crippen LogP contribution in [-0.4, -0.2) is 55.4 Å². The lowest BCUT2D eigenvalue weighted by Crippen LogP contribution is -2.47. The number of carbonyl (C=O) groups excluding carboxylic acids is 1. The molecule has 148 valence electrons. The van der Waals surface area contributed by atoms with Crippen LogP contribution in [0.3, 0.4) is 0 Å². The molecule has 5 nitrogen and oxygen atoms in total. The molecule has 2 fully saturated rings. The molecule has 2 aromatic carbocycles. The maximum Gasteiger partial charge on any atom is 0.237 e. The highest BCUT2D eigenvalue weighted by atomic mass is 32.2. The zero-order valence-electron chi connectivity index (χ0n) is 15.9. The molecule has 6 heteroatoms. The van der Waals surface area contributed by atoms with Gasteiger partial charge in [-0.3, -0.25) is 9.69 Å². The molecule has 1 N–H and O–H groups in total. The lowest BCUT2D eigenvalue weighted by Gasteiger charge is -2.30. The summed E-state index contributed by atoms with van der Waals surface area (Å²) in [7, 11) is 0. The minimum Gasteiger partial charge on any atom is -0.457 e. The van der Waals surface area contributed by atoms with Crippen LogP contribution in [0.5, 0.6) is 11.5 Å². The number of para-hydroxylation sites is 1. The zero-order chi connectivity index (χ0) is 19.2. The van der Waals surface area contributed by atoms with Crippen molar-refractivity contribution in [2.24, 2.45) is 0 Å². The van der Waals surface area contributed by atoms with Crippen molar-refractivity contribution < 1.29 is 14.3 Å². The number of rotatable bonds is 5. The molecule has 2 atom stereocenters. The van der Waals surface area contributed by atoms with Gasteiger partial charge in [0.15, 0.2) is 0 Å². The number of hydrogen-bond acceptors (Lipinski definition) is 5. The van der Waals surface area contributed by atoms with Gasteiger partial charge in [-0.25, -0.2) is 0 Å². The number of nitrogens with zero attached hydrogens (tertiary/aromatic N) is 1. The molecule has 2 aliphatic rings. The second-order valence-corrected chi connectivity index (χ2v) is 8.36. The van der Waals surface area contributed by atoms with Gasteiger partial charge in [-0.2, -0.15) is 0 Å². The fourth-order valence-corrected chi connectivity index (χ4v) is 4.79. The minimum absolute atomic E-state index is 0.109. The van der Waals surface area contributed by atoms with Crippen LogP contribution in [0.1, 0.15) is 17.2 Å². The SMILES string of the molecule is O=C1NC(CN2CCOCC2)CCSC1c1ccc(Oc2ccccc2)cc1. The Morgan fingerprint density at radius 3 is 2.50 bits per heavy atom. The van der Waals surface area contributed by atoms with Crippen molar-refractivity contribution in [2.75, 3.05) is 38.6 Å². The number of benzene rings is 2. The van der Waals surface area contributed by atoms with E-state index >= 15 is 0 Å². The molecule has 2 aliphatic heterocycles. The lowest BCUT2D eigenvalue weighted by molar-refractivity contribution is -0.121. The van der Waals surface area contributed by atoms with E-state index < -0.39 is 0 Å². The van der Waals surface area contributed by atoms with Gasteiger partial charge in [0.05, 0.1) is 13.2 Å². The van der Waals surface area contributed by atoms with Gasteiger partial charge in [0.1, 0.15) is 16.7 Å². The van der Waals surface area contributed by atoms with Crippen molar-refractivity contribution in [1.82, 2.24) is 10.2 Å². The van der Waals surface area contributed by atoms with E-state index in [4.69, 9.17) is 9.47 Å². The third-order valence-electron chi connectivity index (χ3n) is 5.08. The van der Waals surface area contributed by atoms with E-state index in [1.165, 1.54) is 0 Å². The average molecular weight is 399 g/mol. The van der Waals surface area contributed by atoms with Crippen molar-refractivity contribution in [3.63, 3.8) is 0 Å². The Labute approximate surface area is 170 Å². The first-order chi connectivity index (χ1) is 13.8. The number of ether oxygens (including phenoxy) is 2. The van der Waals surface area contributed by atoms with Crippen molar-refractivity contribution in [3.8, 4) is 11.5 Å². The first-order valence-electron chi connectivity index (χ1n) is 9.83. The van der Waals surface area contributed by atoms with E-state index in [0.29, 0.717) is 0 Å². The Kier molecular flexibility index (Phi) is 6.52. The lowest BCUT2D eigenvalue weighted by atomic mass is 10.1. The Morgan fingerprint density at radius 1 is 1.04 bits per heavy atom. The molecule has 1 amide bonds. The Bertz CT molecular complexity index is 763. The van der Waals surface area contributed by atoms with Gasteiger partial charge >= 0.3 is 0 Å². The highest BCUT2D eigenvalue weighted by Crippen LogP contribution is 2.33. The summed E-state index contributed by atoms with van der Waals surface area (Å²) in [6, 6.07) is 17.8. The Balaban J connectivity index is 1.36. The summed E-state index contributed by atoms with van der Waals surface area (Å²) >= 11 is 1.72. The summed E-state index contributed by atoms with van der Waals surface area (Å²) in [4.78, 5) is 15.2. The van der Waals surface area contributed by atoms with E-state index in [2.05, 4.69) is 10.2 Å². The maximum absolute atomic E-state index is 12.8. The number of amides is 1. The average Bonchev–Trinajstić information content (AvgIpc) is 2.91. The minimum atomic E-state index is -0.166. The van der Waals surface area contributed by atoms with E-state index in [-0.39, 0.29) is 17.2 Å². The highest BCUT2D eigenvalue weighted by Gasteiger charge is 2.28. The van der Waals surface area contributed by atoms with E-state index in [1.807, 2.05) is 54.6 Å². The molecule has 4 rings (SSSR count). The summed E-state index contributed by atoms with van der Waals surface area (Å²) < 4.78 is 11.3. The molecule has 2 heterocycles. The van der Waals surface area contributed by atoms with Gasteiger partial charge in [0.2, 0.25) is 5.91 Å². The van der Waals surface area contributed by atoms with Gasteiger partial charge in [-0.05, 0) is 42.0 Å². The first kappa shape index (κ1) is 19.3. The van der Waals surface area contributed by atoms with Crippen LogP contribution < -0.4 is 10.1 Å². The quantitative estimate of drug-likeness (QED) is 0.836. The van der Waals surface area contributed by atoms with Crippen LogP contribution in [0.2, 0.25) is 0 Å². The summed E-state index contributed by atoms with van der Waals surface area (Å²) in [6.07, 6.45) is 0.999. The van der Waals surface area contributed by atoms with Crippen molar-refractivity contribution in [2.45, 2.75) is 17.7 Å². The molecule has 0 radical (unpaired) electrons. The summed E-state index contributed by atoms with van der Waals surface area (Å²) in [5.41, 5.74) is 1.02. The van der Waals surface area contributed by atoms with Crippen LogP contribution in [-0.2, 0) is 9.53 Å². The van der Waals surface area contributed by atoms with Crippen LogP contribution in [0.15, 0.2) is 54.6 Å². The predicted molar refractivity (Wildman–Crippen MR) is 112 cm³/mol. The van der Waals surface area contributed by atoms with E-state index in [9.17, 15) is 4.79 Å². The van der Waals surface area contributed by atoms with Crippen molar-refractivity contribution in [1.29, 1.82) is 0 Å². The number of nitrogens with one attached hydrogen (secondary N) is 1. The smallest absolute Gasteiger partial charge is 0.237 e. The summed E-state index contributed by atoms with van der Waals surface area (Å²) in [6.45, 7) is 4.38. The van der Waals surface area contributed by atoms with E-state index in [1.54, 1.807) is 11.8 Å². The molecular formula is C22H26N2O3S. The molecule has 2 unspecified atom stereocenters. The second-order valence-electron chi connectivity index (χ2n) is 7.14. The summed E-state index contributed by atoms with van der Waals surface area (Å²) in [5, 5.41) is 3.09. The third-order valence-corrected chi connectivity index (χ3v) is 6.37. The van der Waals surface area contributed by atoms with Gasteiger partial charge in [-0.1, -0.05) is 30.3 Å². The molecule has 2 saturated heterocycles. The van der Waals surface area contributed by atoms with Crippen LogP contribution in [0, 0.1) is 0 Å². The highest BCUT2D eigenvalue weighted by molar-refractivity contribution is 8.00. The normalized spacial score (nSPS) is 23.6. The number of carbonyl (C=O) groups is 1. The maximum atomic E-state index is 12.8. The molecule has 0 aliphatic carbocycles. The Hall–Kier alpha value is -2.02. The van der Waals surface area contributed by atoms with Crippen LogP contribution >= 0.6 is 11.8 Å². The number of hydrogen-bond donors (Lipinski definition) is 1. The third kappa shape index (κ3) is 5.07. The topological polar surface area (TPSA) is 50.8 Å². The van der Waals surface area contributed by atoms with Crippen LogP contribution in [0.4, 0.5) is 0 Å². The van der Waals surface area contributed by atoms with Crippen molar-refractivity contribution >= 4 is 17.7 Å². The molecule has 28 heavy (non-hydrogen) atoms. The van der Waals surface area contributed by atoms with E-state index in [0.717, 1.165) is 62.1 Å². The number of thioether (sulfide) groups is 1. The largest absolute Gasteiger partial charge is 0.457 e. The fourth-order valence-electron chi connectivity index (χ4n) is 3.57. The van der Waals surface area contributed by atoms with Gasteiger partial charge in [-0.15, -0.1) is 11.8 Å². The van der Waals surface area contributed by atoms with Gasteiger partial charge < -0.3 is 14.8 Å². The molecule has 0 spiro atoms. The predicted octanol–water partition coefficient (Wildman–Crippen LogP) is 3.47. The summed E-state index contributed by atoms with van der Waals surface area (Å²) in [5.74, 6) is 2.67. The zero-order valence-corrected chi connectivity index (χ0v) is 16.7. The molecule has 2 aromatic rings. The molecule has 0 bridgehead atoms. The van der Waals surface area contributed by atoms with Gasteiger partial charge in [0.25, 0.3) is 0 Å².